The van der Waals surface area contributed by atoms with Gasteiger partial charge in [0, 0.05) is 31.6 Å². The van der Waals surface area contributed by atoms with Crippen molar-refractivity contribution >= 4 is 21.7 Å². The number of aryl methyl sites for hydroxylation is 2. The summed E-state index contributed by atoms with van der Waals surface area (Å²) in [4.78, 5) is 4.61. The van der Waals surface area contributed by atoms with E-state index in [0.29, 0.717) is 25.6 Å². The molecule has 0 spiro atoms. The van der Waals surface area contributed by atoms with Crippen LogP contribution in [0.15, 0.2) is 33.8 Å². The predicted molar refractivity (Wildman–Crippen MR) is 119 cm³/mol. The van der Waals surface area contributed by atoms with Gasteiger partial charge in [0.05, 0.1) is 23.7 Å². The standard InChI is InChI=1S/C21H31N5O3S/c1-4-18-17(20(5-2)29-25-18)15-24-21(22-6-3)23-12-14-30(27,28)26-13-11-16-9-7-8-10-19(16)26/h7-10H,4-6,11-15H2,1-3H3,(H2,22,23,24). The molecule has 0 radical (unpaired) electrons. The van der Waals surface area contributed by atoms with Crippen molar-refractivity contribution in [2.24, 2.45) is 4.99 Å². The van der Waals surface area contributed by atoms with Crippen LogP contribution in [-0.2, 0) is 35.8 Å². The zero-order valence-electron chi connectivity index (χ0n) is 17.9. The number of anilines is 1. The molecule has 0 atom stereocenters. The van der Waals surface area contributed by atoms with Gasteiger partial charge in [-0.2, -0.15) is 0 Å². The Balaban J connectivity index is 1.63. The van der Waals surface area contributed by atoms with Gasteiger partial charge in [-0.25, -0.2) is 13.4 Å². The summed E-state index contributed by atoms with van der Waals surface area (Å²) in [7, 11) is -3.40. The maximum absolute atomic E-state index is 12.9. The SMILES string of the molecule is CCNC(=NCc1c(CC)noc1CC)NCCS(=O)(=O)N1CCc2ccccc21. The number of rotatable bonds is 9. The molecular formula is C21H31N5O3S. The van der Waals surface area contributed by atoms with Crippen molar-refractivity contribution in [3.8, 4) is 0 Å². The Hall–Kier alpha value is -2.55. The smallest absolute Gasteiger partial charge is 0.236 e. The van der Waals surface area contributed by atoms with Crippen molar-refractivity contribution in [1.29, 1.82) is 0 Å². The molecule has 30 heavy (non-hydrogen) atoms. The fraction of sp³-hybridized carbons (Fsp3) is 0.524. The van der Waals surface area contributed by atoms with Crippen LogP contribution in [0.4, 0.5) is 5.69 Å². The molecule has 1 aliphatic heterocycles. The normalized spacial score (nSPS) is 14.1. The van der Waals surface area contributed by atoms with E-state index in [0.717, 1.165) is 47.5 Å². The number of para-hydroxylation sites is 1. The van der Waals surface area contributed by atoms with E-state index >= 15 is 0 Å². The minimum atomic E-state index is -3.40. The van der Waals surface area contributed by atoms with E-state index in [2.05, 4.69) is 20.8 Å². The fourth-order valence-electron chi connectivity index (χ4n) is 3.62. The second-order valence-corrected chi connectivity index (χ2v) is 9.14. The summed E-state index contributed by atoms with van der Waals surface area (Å²) in [6.07, 6.45) is 2.30. The first-order chi connectivity index (χ1) is 14.5. The molecule has 0 saturated carbocycles. The van der Waals surface area contributed by atoms with Gasteiger partial charge in [-0.3, -0.25) is 4.31 Å². The molecule has 1 aliphatic rings. The van der Waals surface area contributed by atoms with Gasteiger partial charge in [0.25, 0.3) is 0 Å². The van der Waals surface area contributed by atoms with Crippen LogP contribution in [-0.4, -0.2) is 44.9 Å². The monoisotopic (exact) mass is 433 g/mol. The molecule has 0 unspecified atom stereocenters. The van der Waals surface area contributed by atoms with E-state index in [4.69, 9.17) is 4.52 Å². The maximum atomic E-state index is 12.9. The summed E-state index contributed by atoms with van der Waals surface area (Å²) >= 11 is 0. The molecule has 0 bridgehead atoms. The molecule has 3 rings (SSSR count). The van der Waals surface area contributed by atoms with Crippen molar-refractivity contribution in [2.45, 2.75) is 46.6 Å². The summed E-state index contributed by atoms with van der Waals surface area (Å²) in [6, 6.07) is 7.67. The van der Waals surface area contributed by atoms with Crippen molar-refractivity contribution in [3.05, 3.63) is 46.8 Å². The lowest BCUT2D eigenvalue weighted by molar-refractivity contribution is 0.380. The Bertz CT molecular complexity index is 963. The third kappa shape index (κ3) is 4.95. The number of fused-ring (bicyclic) bond motifs is 1. The van der Waals surface area contributed by atoms with Crippen LogP contribution in [0.3, 0.4) is 0 Å². The van der Waals surface area contributed by atoms with Gasteiger partial charge in [0.1, 0.15) is 5.76 Å². The third-order valence-corrected chi connectivity index (χ3v) is 6.95. The third-order valence-electron chi connectivity index (χ3n) is 5.18. The van der Waals surface area contributed by atoms with Crippen molar-refractivity contribution < 1.29 is 12.9 Å². The number of hydrogen-bond acceptors (Lipinski definition) is 5. The first-order valence-corrected chi connectivity index (χ1v) is 12.2. The molecule has 9 heteroatoms. The van der Waals surface area contributed by atoms with Gasteiger partial charge < -0.3 is 15.2 Å². The molecule has 0 amide bonds. The van der Waals surface area contributed by atoms with Gasteiger partial charge in [0.2, 0.25) is 10.0 Å². The number of aromatic nitrogens is 1. The number of sulfonamides is 1. The van der Waals surface area contributed by atoms with Crippen LogP contribution >= 0.6 is 0 Å². The van der Waals surface area contributed by atoms with E-state index in [1.165, 1.54) is 4.31 Å². The van der Waals surface area contributed by atoms with Crippen LogP contribution in [0, 0.1) is 0 Å². The molecule has 164 valence electrons. The quantitative estimate of drug-likeness (QED) is 0.465. The van der Waals surface area contributed by atoms with E-state index in [9.17, 15) is 8.42 Å². The summed E-state index contributed by atoms with van der Waals surface area (Å²) in [5.41, 5.74) is 3.81. The Morgan fingerprint density at radius 2 is 2.00 bits per heavy atom. The average Bonchev–Trinajstić information content (AvgIpc) is 3.35. The van der Waals surface area contributed by atoms with E-state index in [1.807, 2.05) is 45.0 Å². The lowest BCUT2D eigenvalue weighted by Crippen LogP contribution is -2.42. The number of guanidine groups is 1. The highest BCUT2D eigenvalue weighted by Gasteiger charge is 2.28. The van der Waals surface area contributed by atoms with E-state index in [-0.39, 0.29) is 12.3 Å². The molecule has 0 saturated heterocycles. The predicted octanol–water partition coefficient (Wildman–Crippen LogP) is 2.25. The Morgan fingerprint density at radius 1 is 1.20 bits per heavy atom. The number of nitrogens with zero attached hydrogens (tertiary/aromatic N) is 3. The number of nitrogens with one attached hydrogen (secondary N) is 2. The van der Waals surface area contributed by atoms with Gasteiger partial charge in [-0.1, -0.05) is 37.2 Å². The Kier molecular flexibility index (Phi) is 7.36. The fourth-order valence-corrected chi connectivity index (χ4v) is 5.05. The highest BCUT2D eigenvalue weighted by molar-refractivity contribution is 7.92. The first kappa shape index (κ1) is 22.1. The van der Waals surface area contributed by atoms with Gasteiger partial charge in [-0.15, -0.1) is 0 Å². The summed E-state index contributed by atoms with van der Waals surface area (Å²) in [6.45, 7) is 7.94. The van der Waals surface area contributed by atoms with Crippen molar-refractivity contribution in [2.75, 3.05) is 29.7 Å². The lowest BCUT2D eigenvalue weighted by Gasteiger charge is -2.20. The van der Waals surface area contributed by atoms with Crippen molar-refractivity contribution in [1.82, 2.24) is 15.8 Å². The van der Waals surface area contributed by atoms with Crippen LogP contribution < -0.4 is 14.9 Å². The first-order valence-electron chi connectivity index (χ1n) is 10.6. The number of hydrogen-bond donors (Lipinski definition) is 2. The summed E-state index contributed by atoms with van der Waals surface area (Å²) in [5.74, 6) is 1.43. The summed E-state index contributed by atoms with van der Waals surface area (Å²) < 4.78 is 32.6. The molecule has 1 aromatic heterocycles. The van der Waals surface area contributed by atoms with Crippen LogP contribution in [0.2, 0.25) is 0 Å². The van der Waals surface area contributed by atoms with Crippen LogP contribution in [0.25, 0.3) is 0 Å². The van der Waals surface area contributed by atoms with Gasteiger partial charge in [-0.05, 0) is 31.4 Å². The minimum absolute atomic E-state index is 0.000561. The highest BCUT2D eigenvalue weighted by atomic mass is 32.2. The topological polar surface area (TPSA) is 99.8 Å². The summed E-state index contributed by atoms with van der Waals surface area (Å²) in [5, 5.41) is 10.4. The molecular weight excluding hydrogens is 402 g/mol. The van der Waals surface area contributed by atoms with E-state index < -0.39 is 10.0 Å². The minimum Gasteiger partial charge on any atom is -0.361 e. The van der Waals surface area contributed by atoms with Crippen molar-refractivity contribution in [3.63, 3.8) is 0 Å². The maximum Gasteiger partial charge on any atom is 0.236 e. The molecule has 1 aromatic carbocycles. The zero-order chi connectivity index (χ0) is 21.6. The second kappa shape index (κ2) is 9.97. The van der Waals surface area contributed by atoms with Crippen LogP contribution in [0.5, 0.6) is 0 Å². The molecule has 2 heterocycles. The molecule has 2 aromatic rings. The zero-order valence-corrected chi connectivity index (χ0v) is 18.8. The Morgan fingerprint density at radius 3 is 2.73 bits per heavy atom. The van der Waals surface area contributed by atoms with Crippen LogP contribution in [0.1, 0.15) is 43.4 Å². The second-order valence-electron chi connectivity index (χ2n) is 7.13. The number of aliphatic imine (C=N–C) groups is 1. The highest BCUT2D eigenvalue weighted by Crippen LogP contribution is 2.29. The van der Waals surface area contributed by atoms with Gasteiger partial charge >= 0.3 is 0 Å². The average molecular weight is 434 g/mol. The van der Waals surface area contributed by atoms with Gasteiger partial charge in [0.15, 0.2) is 5.96 Å². The molecule has 0 fully saturated rings. The molecule has 8 nitrogen and oxygen atoms in total. The van der Waals surface area contributed by atoms with E-state index in [1.54, 1.807) is 0 Å². The lowest BCUT2D eigenvalue weighted by atomic mass is 10.1. The largest absolute Gasteiger partial charge is 0.361 e. The Labute approximate surface area is 178 Å². The number of benzene rings is 1. The molecule has 0 aliphatic carbocycles. The molecule has 2 N–H and O–H groups in total.